The molecule has 3 rings (SSSR count). The molecule has 0 aliphatic rings. The van der Waals surface area contributed by atoms with E-state index in [1.165, 1.54) is 6.26 Å². The quantitative estimate of drug-likeness (QED) is 0.744. The molecule has 0 bridgehead atoms. The minimum absolute atomic E-state index is 0.0346. The Bertz CT molecular complexity index is 780. The lowest BCUT2D eigenvalue weighted by Gasteiger charge is -2.21. The van der Waals surface area contributed by atoms with Crippen molar-refractivity contribution in [2.75, 3.05) is 6.54 Å². The molecule has 2 N–H and O–H groups in total. The van der Waals surface area contributed by atoms with Gasteiger partial charge in [-0.05, 0) is 37.3 Å². The zero-order valence-corrected chi connectivity index (χ0v) is 12.5. The van der Waals surface area contributed by atoms with E-state index in [-0.39, 0.29) is 12.5 Å². The monoisotopic (exact) mass is 312 g/mol. The molecule has 1 aromatic carbocycles. The van der Waals surface area contributed by atoms with Gasteiger partial charge in [0.15, 0.2) is 0 Å². The van der Waals surface area contributed by atoms with Gasteiger partial charge in [-0.2, -0.15) is 0 Å². The van der Waals surface area contributed by atoms with Gasteiger partial charge < -0.3 is 14.8 Å². The molecule has 1 unspecified atom stereocenters. The number of rotatable bonds is 5. The topological polar surface area (TPSA) is 93.2 Å². The first-order valence-corrected chi connectivity index (χ1v) is 7.07. The van der Waals surface area contributed by atoms with E-state index in [2.05, 4.69) is 15.6 Å². The van der Waals surface area contributed by atoms with E-state index in [1.807, 2.05) is 6.07 Å². The van der Waals surface area contributed by atoms with Crippen molar-refractivity contribution in [3.8, 4) is 5.69 Å². The summed E-state index contributed by atoms with van der Waals surface area (Å²) in [7, 11) is 0. The molecule has 7 heteroatoms. The van der Waals surface area contributed by atoms with Gasteiger partial charge in [-0.3, -0.25) is 4.79 Å². The Kier molecular flexibility index (Phi) is 3.94. The number of furan rings is 1. The van der Waals surface area contributed by atoms with Gasteiger partial charge in [-0.25, -0.2) is 4.68 Å². The molecular weight excluding hydrogens is 296 g/mol. The van der Waals surface area contributed by atoms with E-state index in [0.717, 1.165) is 5.69 Å². The van der Waals surface area contributed by atoms with Gasteiger partial charge in [0.25, 0.3) is 5.91 Å². The van der Waals surface area contributed by atoms with Gasteiger partial charge in [-0.15, -0.1) is 5.10 Å². The van der Waals surface area contributed by atoms with Crippen molar-refractivity contribution in [2.24, 2.45) is 0 Å². The summed E-state index contributed by atoms with van der Waals surface area (Å²) < 4.78 is 6.75. The van der Waals surface area contributed by atoms with Crippen molar-refractivity contribution in [3.05, 3.63) is 66.4 Å². The Hall–Kier alpha value is -2.93. The van der Waals surface area contributed by atoms with Crippen LogP contribution in [0.1, 0.15) is 23.0 Å². The first-order valence-electron chi connectivity index (χ1n) is 7.07. The summed E-state index contributed by atoms with van der Waals surface area (Å²) in [6.45, 7) is 1.62. The number of nitrogens with zero attached hydrogens (tertiary/aromatic N) is 3. The van der Waals surface area contributed by atoms with Crippen LogP contribution in [0.3, 0.4) is 0 Å². The fraction of sp³-hybridized carbons (Fsp3) is 0.188. The maximum absolute atomic E-state index is 12.3. The molecular formula is C16H16N4O3. The fourth-order valence-corrected chi connectivity index (χ4v) is 2.16. The Morgan fingerprint density at radius 3 is 2.96 bits per heavy atom. The molecule has 0 fully saturated rings. The summed E-state index contributed by atoms with van der Waals surface area (Å²) in [5.74, 6) is 0.105. The maximum Gasteiger partial charge on any atom is 0.251 e. The minimum atomic E-state index is -1.28. The molecule has 0 spiro atoms. The van der Waals surface area contributed by atoms with Gasteiger partial charge in [0, 0.05) is 5.56 Å². The smallest absolute Gasteiger partial charge is 0.251 e. The normalized spacial score (nSPS) is 13.5. The fourth-order valence-electron chi connectivity index (χ4n) is 2.16. The van der Waals surface area contributed by atoms with E-state index >= 15 is 0 Å². The molecule has 2 heterocycles. The number of hydrogen-bond acceptors (Lipinski definition) is 5. The van der Waals surface area contributed by atoms with Crippen LogP contribution in [-0.2, 0) is 5.60 Å². The largest absolute Gasteiger partial charge is 0.466 e. The third-order valence-corrected chi connectivity index (χ3v) is 3.44. The lowest BCUT2D eigenvalue weighted by atomic mass is 10.0. The van der Waals surface area contributed by atoms with Gasteiger partial charge >= 0.3 is 0 Å². The van der Waals surface area contributed by atoms with Crippen LogP contribution in [0.5, 0.6) is 0 Å². The number of nitrogens with one attached hydrogen (secondary N) is 1. The van der Waals surface area contributed by atoms with E-state index in [9.17, 15) is 9.90 Å². The number of hydrogen-bond donors (Lipinski definition) is 2. The highest BCUT2D eigenvalue weighted by Gasteiger charge is 2.27. The molecule has 0 aliphatic carbocycles. The van der Waals surface area contributed by atoms with Gasteiger partial charge in [0.1, 0.15) is 11.4 Å². The van der Waals surface area contributed by atoms with E-state index in [1.54, 1.807) is 54.3 Å². The highest BCUT2D eigenvalue weighted by Crippen LogP contribution is 2.20. The molecule has 7 nitrogen and oxygen atoms in total. The van der Waals surface area contributed by atoms with Gasteiger partial charge in [0.2, 0.25) is 0 Å². The summed E-state index contributed by atoms with van der Waals surface area (Å²) >= 11 is 0. The molecule has 23 heavy (non-hydrogen) atoms. The Morgan fingerprint density at radius 2 is 2.26 bits per heavy atom. The average molecular weight is 312 g/mol. The zero-order chi connectivity index (χ0) is 16.3. The summed E-state index contributed by atoms with van der Waals surface area (Å²) in [5.41, 5.74) is -0.0796. The Labute approximate surface area is 132 Å². The van der Waals surface area contributed by atoms with Crippen molar-refractivity contribution in [3.63, 3.8) is 0 Å². The zero-order valence-electron chi connectivity index (χ0n) is 12.5. The number of carbonyl (C=O) groups excluding carboxylic acids is 1. The number of aliphatic hydroxyl groups is 1. The predicted octanol–water partition coefficient (Wildman–Crippen LogP) is 1.50. The number of carbonyl (C=O) groups is 1. The molecule has 0 aliphatic heterocycles. The lowest BCUT2D eigenvalue weighted by Crippen LogP contribution is -2.38. The molecule has 3 aromatic rings. The van der Waals surface area contributed by atoms with Crippen molar-refractivity contribution < 1.29 is 14.3 Å². The highest BCUT2D eigenvalue weighted by atomic mass is 16.4. The average Bonchev–Trinajstić information content (AvgIpc) is 3.25. The van der Waals surface area contributed by atoms with Crippen LogP contribution in [0.2, 0.25) is 0 Å². The van der Waals surface area contributed by atoms with Crippen LogP contribution in [0, 0.1) is 0 Å². The van der Waals surface area contributed by atoms with Crippen LogP contribution >= 0.6 is 0 Å². The van der Waals surface area contributed by atoms with Crippen molar-refractivity contribution >= 4 is 5.91 Å². The first kappa shape index (κ1) is 15.0. The van der Waals surface area contributed by atoms with Crippen molar-refractivity contribution in [2.45, 2.75) is 12.5 Å². The summed E-state index contributed by atoms with van der Waals surface area (Å²) in [6.07, 6.45) is 4.74. The second kappa shape index (κ2) is 6.05. The summed E-state index contributed by atoms with van der Waals surface area (Å²) in [4.78, 5) is 12.3. The number of benzene rings is 1. The second-order valence-electron chi connectivity index (χ2n) is 5.33. The third-order valence-electron chi connectivity index (χ3n) is 3.44. The van der Waals surface area contributed by atoms with E-state index < -0.39 is 5.60 Å². The Balaban J connectivity index is 1.70. The van der Waals surface area contributed by atoms with E-state index in [4.69, 9.17) is 4.42 Å². The van der Waals surface area contributed by atoms with Crippen molar-refractivity contribution in [1.29, 1.82) is 0 Å². The summed E-state index contributed by atoms with van der Waals surface area (Å²) in [5, 5.41) is 20.7. The lowest BCUT2D eigenvalue weighted by molar-refractivity contribution is 0.0330. The van der Waals surface area contributed by atoms with Crippen molar-refractivity contribution in [1.82, 2.24) is 20.3 Å². The molecule has 0 saturated carbocycles. The minimum Gasteiger partial charge on any atom is -0.466 e. The highest BCUT2D eigenvalue weighted by molar-refractivity contribution is 5.94. The third kappa shape index (κ3) is 3.29. The Morgan fingerprint density at radius 1 is 1.39 bits per heavy atom. The van der Waals surface area contributed by atoms with Crippen LogP contribution in [-0.4, -0.2) is 32.6 Å². The predicted molar refractivity (Wildman–Crippen MR) is 82.0 cm³/mol. The molecule has 0 radical (unpaired) electrons. The van der Waals surface area contributed by atoms with Crippen LogP contribution in [0.15, 0.2) is 59.5 Å². The van der Waals surface area contributed by atoms with Crippen LogP contribution < -0.4 is 5.32 Å². The summed E-state index contributed by atoms with van der Waals surface area (Å²) in [6, 6.07) is 10.3. The van der Waals surface area contributed by atoms with Crippen LogP contribution in [0.4, 0.5) is 0 Å². The molecule has 118 valence electrons. The second-order valence-corrected chi connectivity index (χ2v) is 5.33. The molecule has 1 atom stereocenters. The van der Waals surface area contributed by atoms with Crippen LogP contribution in [0.25, 0.3) is 5.69 Å². The number of amides is 1. The maximum atomic E-state index is 12.3. The molecule has 1 amide bonds. The molecule has 0 saturated heterocycles. The number of aromatic nitrogens is 3. The van der Waals surface area contributed by atoms with E-state index in [0.29, 0.717) is 11.3 Å². The SMILES string of the molecule is CC(O)(CNC(=O)c1cccc(-n2ccnn2)c1)c1ccco1. The first-order chi connectivity index (χ1) is 11.1. The van der Waals surface area contributed by atoms with Gasteiger partial charge in [-0.1, -0.05) is 11.3 Å². The standard InChI is InChI=1S/C16H16N4O3/c1-16(22,14-6-3-9-23-14)11-17-15(21)12-4-2-5-13(10-12)20-8-7-18-19-20/h2-10,22H,11H2,1H3,(H,17,21). The molecule has 2 aromatic heterocycles. The van der Waals surface area contributed by atoms with Gasteiger partial charge in [0.05, 0.1) is 30.9 Å².